The zero-order valence-corrected chi connectivity index (χ0v) is 12.9. The molecule has 108 valence electrons. The lowest BCUT2D eigenvalue weighted by Gasteiger charge is -2.32. The van der Waals surface area contributed by atoms with E-state index in [1.54, 1.807) is 30.1 Å². The molecule has 1 heterocycles. The van der Waals surface area contributed by atoms with Gasteiger partial charge in [0, 0.05) is 35.9 Å². The second-order valence-corrected chi connectivity index (χ2v) is 5.80. The van der Waals surface area contributed by atoms with Crippen LogP contribution in [0.15, 0.2) is 22.7 Å². The molecule has 0 saturated carbocycles. The van der Waals surface area contributed by atoms with E-state index in [4.69, 9.17) is 5.73 Å². The molecule has 3 N–H and O–H groups in total. The fourth-order valence-electron chi connectivity index (χ4n) is 2.42. The van der Waals surface area contributed by atoms with Crippen LogP contribution in [0.1, 0.15) is 23.2 Å². The zero-order valence-electron chi connectivity index (χ0n) is 11.4. The minimum Gasteiger partial charge on any atom is -0.398 e. The van der Waals surface area contributed by atoms with Gasteiger partial charge in [-0.2, -0.15) is 0 Å². The van der Waals surface area contributed by atoms with Crippen LogP contribution in [0.5, 0.6) is 0 Å². The average molecular weight is 340 g/mol. The minimum absolute atomic E-state index is 0.000914. The summed E-state index contributed by atoms with van der Waals surface area (Å²) in [6.07, 6.45) is 1.68. The van der Waals surface area contributed by atoms with Crippen molar-refractivity contribution in [1.29, 1.82) is 0 Å². The van der Waals surface area contributed by atoms with Crippen molar-refractivity contribution < 1.29 is 9.59 Å². The Morgan fingerprint density at radius 1 is 1.45 bits per heavy atom. The number of amides is 2. The van der Waals surface area contributed by atoms with Crippen molar-refractivity contribution in [1.82, 2.24) is 10.2 Å². The molecule has 0 radical (unpaired) electrons. The van der Waals surface area contributed by atoms with Gasteiger partial charge in [-0.25, -0.2) is 0 Å². The highest BCUT2D eigenvalue weighted by atomic mass is 79.9. The van der Waals surface area contributed by atoms with E-state index in [2.05, 4.69) is 21.2 Å². The van der Waals surface area contributed by atoms with Gasteiger partial charge in [0.1, 0.15) is 0 Å². The molecule has 1 atom stereocenters. The first-order valence-electron chi connectivity index (χ1n) is 6.59. The monoisotopic (exact) mass is 339 g/mol. The summed E-state index contributed by atoms with van der Waals surface area (Å²) >= 11 is 3.32. The normalized spacial score (nSPS) is 18.7. The van der Waals surface area contributed by atoms with Crippen LogP contribution in [0.25, 0.3) is 0 Å². The summed E-state index contributed by atoms with van der Waals surface area (Å²) in [6.45, 7) is 1.16. The molecular formula is C14H18BrN3O2. The summed E-state index contributed by atoms with van der Waals surface area (Å²) in [4.78, 5) is 25.9. The summed E-state index contributed by atoms with van der Waals surface area (Å²) in [7, 11) is 1.63. The first kappa shape index (κ1) is 14.8. The van der Waals surface area contributed by atoms with Gasteiger partial charge in [0.15, 0.2) is 0 Å². The molecule has 0 bridgehead atoms. The zero-order chi connectivity index (χ0) is 14.7. The van der Waals surface area contributed by atoms with Crippen LogP contribution in [-0.4, -0.2) is 36.9 Å². The summed E-state index contributed by atoms with van der Waals surface area (Å²) in [5.41, 5.74) is 6.91. The van der Waals surface area contributed by atoms with Crippen LogP contribution in [0, 0.1) is 5.92 Å². The fraction of sp³-hybridized carbons (Fsp3) is 0.429. The van der Waals surface area contributed by atoms with Crippen molar-refractivity contribution >= 4 is 33.4 Å². The van der Waals surface area contributed by atoms with Gasteiger partial charge in [0.05, 0.1) is 5.92 Å². The van der Waals surface area contributed by atoms with E-state index in [0.717, 1.165) is 12.8 Å². The maximum absolute atomic E-state index is 12.5. The molecule has 1 unspecified atom stereocenters. The van der Waals surface area contributed by atoms with Crippen LogP contribution < -0.4 is 11.1 Å². The second-order valence-electron chi connectivity index (χ2n) is 4.94. The number of hydrogen-bond acceptors (Lipinski definition) is 3. The van der Waals surface area contributed by atoms with Crippen LogP contribution in [0.3, 0.4) is 0 Å². The Balaban J connectivity index is 2.12. The maximum atomic E-state index is 12.5. The SMILES string of the molecule is CNC(=O)C1CCCN(C(=O)c2ccc(N)c(Br)c2)C1. The standard InChI is InChI=1S/C14H18BrN3O2/c1-17-13(19)10-3-2-6-18(8-10)14(20)9-4-5-12(16)11(15)7-9/h4-5,7,10H,2-3,6,8,16H2,1H3,(H,17,19). The third-order valence-corrected chi connectivity index (χ3v) is 4.26. The lowest BCUT2D eigenvalue weighted by Crippen LogP contribution is -2.44. The molecule has 2 rings (SSSR count). The first-order chi connectivity index (χ1) is 9.52. The van der Waals surface area contributed by atoms with Crippen molar-refractivity contribution in [3.63, 3.8) is 0 Å². The Morgan fingerprint density at radius 3 is 2.85 bits per heavy atom. The number of carbonyl (C=O) groups is 2. The highest BCUT2D eigenvalue weighted by Crippen LogP contribution is 2.23. The van der Waals surface area contributed by atoms with E-state index in [1.807, 2.05) is 0 Å². The molecule has 6 heteroatoms. The van der Waals surface area contributed by atoms with Gasteiger partial charge >= 0.3 is 0 Å². The number of likely N-dealkylation sites (tertiary alicyclic amines) is 1. The number of piperidine rings is 1. The Morgan fingerprint density at radius 2 is 2.20 bits per heavy atom. The summed E-state index contributed by atoms with van der Waals surface area (Å²) in [5, 5.41) is 2.65. The van der Waals surface area contributed by atoms with Gasteiger partial charge in [0.2, 0.25) is 5.91 Å². The number of nitrogens with two attached hydrogens (primary N) is 1. The number of nitrogen functional groups attached to an aromatic ring is 1. The molecule has 5 nitrogen and oxygen atoms in total. The van der Waals surface area contributed by atoms with E-state index >= 15 is 0 Å². The van der Waals surface area contributed by atoms with Crippen molar-refractivity contribution in [3.8, 4) is 0 Å². The summed E-state index contributed by atoms with van der Waals surface area (Å²) < 4.78 is 0.711. The predicted octanol–water partition coefficient (Wildman–Crippen LogP) is 1.63. The largest absolute Gasteiger partial charge is 0.398 e. The lowest BCUT2D eigenvalue weighted by atomic mass is 9.96. The fourth-order valence-corrected chi connectivity index (χ4v) is 2.80. The van der Waals surface area contributed by atoms with E-state index in [1.165, 1.54) is 0 Å². The smallest absolute Gasteiger partial charge is 0.253 e. The number of anilines is 1. The third kappa shape index (κ3) is 3.12. The maximum Gasteiger partial charge on any atom is 0.253 e. The topological polar surface area (TPSA) is 75.4 Å². The summed E-state index contributed by atoms with van der Waals surface area (Å²) in [5.74, 6) is -0.171. The quantitative estimate of drug-likeness (QED) is 0.804. The lowest BCUT2D eigenvalue weighted by molar-refractivity contribution is -0.125. The summed E-state index contributed by atoms with van der Waals surface area (Å²) in [6, 6.07) is 5.14. The Labute approximate surface area is 126 Å². The molecule has 20 heavy (non-hydrogen) atoms. The predicted molar refractivity (Wildman–Crippen MR) is 81.2 cm³/mol. The van der Waals surface area contributed by atoms with E-state index < -0.39 is 0 Å². The molecular weight excluding hydrogens is 322 g/mol. The van der Waals surface area contributed by atoms with Gasteiger partial charge in [-0.15, -0.1) is 0 Å². The molecule has 1 fully saturated rings. The molecule has 0 aliphatic carbocycles. The number of carbonyl (C=O) groups excluding carboxylic acids is 2. The van der Waals surface area contributed by atoms with E-state index in [-0.39, 0.29) is 17.7 Å². The first-order valence-corrected chi connectivity index (χ1v) is 7.38. The molecule has 1 aliphatic heterocycles. The van der Waals surface area contributed by atoms with Crippen LogP contribution >= 0.6 is 15.9 Å². The van der Waals surface area contributed by atoms with Crippen molar-refractivity contribution in [2.45, 2.75) is 12.8 Å². The highest BCUT2D eigenvalue weighted by molar-refractivity contribution is 9.10. The van der Waals surface area contributed by atoms with Crippen LogP contribution in [0.4, 0.5) is 5.69 Å². The van der Waals surface area contributed by atoms with E-state index in [0.29, 0.717) is 28.8 Å². The molecule has 1 aromatic carbocycles. The minimum atomic E-state index is -0.116. The van der Waals surface area contributed by atoms with Crippen molar-refractivity contribution in [3.05, 3.63) is 28.2 Å². The number of benzene rings is 1. The number of nitrogens with one attached hydrogen (secondary N) is 1. The van der Waals surface area contributed by atoms with Crippen molar-refractivity contribution in [2.24, 2.45) is 5.92 Å². The Hall–Kier alpha value is -1.56. The molecule has 1 aromatic rings. The van der Waals surface area contributed by atoms with Crippen LogP contribution in [0.2, 0.25) is 0 Å². The van der Waals surface area contributed by atoms with Gasteiger partial charge in [-0.1, -0.05) is 0 Å². The van der Waals surface area contributed by atoms with Crippen LogP contribution in [-0.2, 0) is 4.79 Å². The molecule has 0 aromatic heterocycles. The molecule has 0 spiro atoms. The third-order valence-electron chi connectivity index (χ3n) is 3.57. The highest BCUT2D eigenvalue weighted by Gasteiger charge is 2.28. The Kier molecular flexibility index (Phi) is 4.65. The molecule has 2 amide bonds. The molecule has 1 saturated heterocycles. The second kappa shape index (κ2) is 6.26. The van der Waals surface area contributed by atoms with Crippen molar-refractivity contribution in [2.75, 3.05) is 25.9 Å². The number of rotatable bonds is 2. The van der Waals surface area contributed by atoms with Gasteiger partial charge in [-0.3, -0.25) is 9.59 Å². The molecule has 1 aliphatic rings. The van der Waals surface area contributed by atoms with Gasteiger partial charge in [-0.05, 0) is 47.0 Å². The number of halogens is 1. The van der Waals surface area contributed by atoms with Gasteiger partial charge in [0.25, 0.3) is 5.91 Å². The number of nitrogens with zero attached hydrogens (tertiary/aromatic N) is 1. The average Bonchev–Trinajstić information content (AvgIpc) is 2.48. The number of hydrogen-bond donors (Lipinski definition) is 2. The van der Waals surface area contributed by atoms with E-state index in [9.17, 15) is 9.59 Å². The Bertz CT molecular complexity index is 533. The van der Waals surface area contributed by atoms with Gasteiger partial charge < -0.3 is 16.0 Å².